The zero-order valence-electron chi connectivity index (χ0n) is 10.9. The van der Waals surface area contributed by atoms with Crippen LogP contribution in [0.2, 0.25) is 0 Å². The molecule has 0 radical (unpaired) electrons. The van der Waals surface area contributed by atoms with Gasteiger partial charge < -0.3 is 4.74 Å². The molecule has 0 spiro atoms. The summed E-state index contributed by atoms with van der Waals surface area (Å²) in [5.74, 6) is 1.03. The highest BCUT2D eigenvalue weighted by atomic mass is 16.5. The first kappa shape index (κ1) is 13.7. The van der Waals surface area contributed by atoms with E-state index in [0.717, 1.165) is 45.6 Å². The largest absolute Gasteiger partial charge is 0.381 e. The lowest BCUT2D eigenvalue weighted by molar-refractivity contribution is -0.122. The van der Waals surface area contributed by atoms with E-state index in [1.54, 1.807) is 0 Å². The summed E-state index contributed by atoms with van der Waals surface area (Å²) >= 11 is 0. The fourth-order valence-electron chi connectivity index (χ4n) is 2.07. The standard InChI is InChI=1S/C13H25NO2/c1-11(2)10-16-8-4-6-14-7-5-13(15)9-12(14)3/h11-12H,4-10H2,1-3H3. The van der Waals surface area contributed by atoms with Gasteiger partial charge in [-0.1, -0.05) is 13.8 Å². The molecule has 3 nitrogen and oxygen atoms in total. The molecule has 1 fully saturated rings. The lowest BCUT2D eigenvalue weighted by Gasteiger charge is -2.32. The van der Waals surface area contributed by atoms with Gasteiger partial charge in [0, 0.05) is 45.2 Å². The summed E-state index contributed by atoms with van der Waals surface area (Å²) in [7, 11) is 0. The van der Waals surface area contributed by atoms with Crippen molar-refractivity contribution in [2.24, 2.45) is 5.92 Å². The monoisotopic (exact) mass is 227 g/mol. The maximum atomic E-state index is 11.2. The van der Waals surface area contributed by atoms with Crippen LogP contribution in [0.5, 0.6) is 0 Å². The maximum Gasteiger partial charge on any atom is 0.135 e. The Balaban J connectivity index is 2.06. The van der Waals surface area contributed by atoms with E-state index in [1.807, 2.05) is 0 Å². The van der Waals surface area contributed by atoms with Gasteiger partial charge in [0.2, 0.25) is 0 Å². The molecule has 16 heavy (non-hydrogen) atoms. The van der Waals surface area contributed by atoms with E-state index in [9.17, 15) is 4.79 Å². The highest BCUT2D eigenvalue weighted by Crippen LogP contribution is 2.13. The zero-order valence-corrected chi connectivity index (χ0v) is 10.9. The predicted molar refractivity (Wildman–Crippen MR) is 65.6 cm³/mol. The van der Waals surface area contributed by atoms with Crippen LogP contribution >= 0.6 is 0 Å². The lowest BCUT2D eigenvalue weighted by Crippen LogP contribution is -2.41. The summed E-state index contributed by atoms with van der Waals surface area (Å²) in [5.41, 5.74) is 0. The van der Waals surface area contributed by atoms with Gasteiger partial charge in [-0.05, 0) is 19.3 Å². The normalized spacial score (nSPS) is 23.0. The first-order chi connectivity index (χ1) is 7.59. The second-order valence-electron chi connectivity index (χ2n) is 5.20. The zero-order chi connectivity index (χ0) is 12.0. The number of piperidine rings is 1. The van der Waals surface area contributed by atoms with Crippen LogP contribution in [0.1, 0.15) is 40.0 Å². The summed E-state index contributed by atoms with van der Waals surface area (Å²) < 4.78 is 5.55. The van der Waals surface area contributed by atoms with Crippen LogP contribution in [0, 0.1) is 5.92 Å². The molecule has 1 aliphatic rings. The van der Waals surface area contributed by atoms with Gasteiger partial charge in [-0.15, -0.1) is 0 Å². The summed E-state index contributed by atoms with van der Waals surface area (Å²) in [6, 6.07) is 0.423. The smallest absolute Gasteiger partial charge is 0.135 e. The van der Waals surface area contributed by atoms with Crippen molar-refractivity contribution in [2.45, 2.75) is 46.1 Å². The van der Waals surface area contributed by atoms with Crippen molar-refractivity contribution in [1.82, 2.24) is 4.90 Å². The molecular formula is C13H25NO2. The molecule has 0 amide bonds. The lowest BCUT2D eigenvalue weighted by atomic mass is 10.0. The number of likely N-dealkylation sites (tertiary alicyclic amines) is 1. The van der Waals surface area contributed by atoms with Crippen molar-refractivity contribution in [3.63, 3.8) is 0 Å². The number of hydrogen-bond donors (Lipinski definition) is 0. The van der Waals surface area contributed by atoms with Crippen LogP contribution < -0.4 is 0 Å². The number of hydrogen-bond acceptors (Lipinski definition) is 3. The number of rotatable bonds is 6. The van der Waals surface area contributed by atoms with Crippen molar-refractivity contribution in [1.29, 1.82) is 0 Å². The van der Waals surface area contributed by atoms with Crippen molar-refractivity contribution < 1.29 is 9.53 Å². The Kier molecular flexibility index (Phi) is 5.99. The van der Waals surface area contributed by atoms with E-state index in [4.69, 9.17) is 4.74 Å². The Labute approximate surface area is 99.1 Å². The molecule has 1 unspecified atom stereocenters. The van der Waals surface area contributed by atoms with E-state index >= 15 is 0 Å². The molecule has 1 heterocycles. The number of ketones is 1. The van der Waals surface area contributed by atoms with Crippen LogP contribution in [0.3, 0.4) is 0 Å². The van der Waals surface area contributed by atoms with Gasteiger partial charge in [0.1, 0.15) is 5.78 Å². The highest BCUT2D eigenvalue weighted by Gasteiger charge is 2.22. The molecule has 1 aliphatic heterocycles. The van der Waals surface area contributed by atoms with Gasteiger partial charge >= 0.3 is 0 Å². The molecule has 0 aromatic carbocycles. The number of ether oxygens (including phenoxy) is 1. The molecule has 1 atom stereocenters. The minimum Gasteiger partial charge on any atom is -0.381 e. The Morgan fingerprint density at radius 2 is 2.25 bits per heavy atom. The third-order valence-corrected chi connectivity index (χ3v) is 3.01. The Hall–Kier alpha value is -0.410. The maximum absolute atomic E-state index is 11.2. The molecular weight excluding hydrogens is 202 g/mol. The van der Waals surface area contributed by atoms with Crippen LogP contribution in [0.25, 0.3) is 0 Å². The number of Topliss-reactive ketones (excluding diaryl/α,β-unsaturated/α-hetero) is 1. The number of carbonyl (C=O) groups excluding carboxylic acids is 1. The molecule has 0 aromatic heterocycles. The van der Waals surface area contributed by atoms with Crippen molar-refractivity contribution in [2.75, 3.05) is 26.3 Å². The van der Waals surface area contributed by atoms with E-state index in [1.165, 1.54) is 0 Å². The SMILES string of the molecule is CC(C)COCCCN1CCC(=O)CC1C. The quantitative estimate of drug-likeness (QED) is 0.651. The van der Waals surface area contributed by atoms with Crippen molar-refractivity contribution in [3.8, 4) is 0 Å². The molecule has 94 valence electrons. The topological polar surface area (TPSA) is 29.5 Å². The van der Waals surface area contributed by atoms with Crippen molar-refractivity contribution >= 4 is 5.78 Å². The summed E-state index contributed by atoms with van der Waals surface area (Å²) in [4.78, 5) is 13.6. The summed E-state index contributed by atoms with van der Waals surface area (Å²) in [6.45, 7) is 10.2. The first-order valence-electron chi connectivity index (χ1n) is 6.43. The van der Waals surface area contributed by atoms with Gasteiger partial charge in [-0.3, -0.25) is 9.69 Å². The second-order valence-corrected chi connectivity index (χ2v) is 5.20. The van der Waals surface area contributed by atoms with E-state index in [-0.39, 0.29) is 0 Å². The number of carbonyl (C=O) groups is 1. The average Bonchev–Trinajstić information content (AvgIpc) is 2.20. The Morgan fingerprint density at radius 3 is 2.88 bits per heavy atom. The molecule has 1 rings (SSSR count). The van der Waals surface area contributed by atoms with Crippen LogP contribution in [0.15, 0.2) is 0 Å². The molecule has 3 heteroatoms. The third kappa shape index (κ3) is 5.08. The van der Waals surface area contributed by atoms with Crippen molar-refractivity contribution in [3.05, 3.63) is 0 Å². The summed E-state index contributed by atoms with van der Waals surface area (Å²) in [5, 5.41) is 0. The third-order valence-electron chi connectivity index (χ3n) is 3.01. The van der Waals surface area contributed by atoms with Gasteiger partial charge in [-0.25, -0.2) is 0 Å². The van der Waals surface area contributed by atoms with Crippen LogP contribution in [-0.4, -0.2) is 43.0 Å². The minimum absolute atomic E-state index is 0.416. The van der Waals surface area contributed by atoms with Crippen LogP contribution in [0.4, 0.5) is 0 Å². The van der Waals surface area contributed by atoms with E-state index in [2.05, 4.69) is 25.7 Å². The number of nitrogens with zero attached hydrogens (tertiary/aromatic N) is 1. The second kappa shape index (κ2) is 7.02. The van der Waals surface area contributed by atoms with Crippen LogP contribution in [-0.2, 0) is 9.53 Å². The van der Waals surface area contributed by atoms with E-state index < -0.39 is 0 Å². The van der Waals surface area contributed by atoms with Gasteiger partial charge in [0.05, 0.1) is 0 Å². The molecule has 0 N–H and O–H groups in total. The Bertz CT molecular complexity index is 216. The minimum atomic E-state index is 0.416. The molecule has 0 aromatic rings. The summed E-state index contributed by atoms with van der Waals surface area (Å²) in [6.07, 6.45) is 2.54. The molecule has 1 saturated heterocycles. The first-order valence-corrected chi connectivity index (χ1v) is 6.43. The van der Waals surface area contributed by atoms with Gasteiger partial charge in [-0.2, -0.15) is 0 Å². The van der Waals surface area contributed by atoms with Gasteiger partial charge in [0.15, 0.2) is 0 Å². The average molecular weight is 227 g/mol. The fourth-order valence-corrected chi connectivity index (χ4v) is 2.07. The fraction of sp³-hybridized carbons (Fsp3) is 0.923. The Morgan fingerprint density at radius 1 is 1.50 bits per heavy atom. The highest BCUT2D eigenvalue weighted by molar-refractivity contribution is 5.79. The molecule has 0 saturated carbocycles. The predicted octanol–water partition coefficient (Wildman–Crippen LogP) is 2.10. The molecule has 0 aliphatic carbocycles. The van der Waals surface area contributed by atoms with Gasteiger partial charge in [0.25, 0.3) is 0 Å². The van der Waals surface area contributed by atoms with E-state index in [0.29, 0.717) is 17.7 Å². The molecule has 0 bridgehead atoms.